The molecule has 7 heteroatoms. The van der Waals surface area contributed by atoms with Crippen LogP contribution in [0.25, 0.3) is 5.69 Å². The largest absolute Gasteiger partial charge is 0.305 e. The minimum atomic E-state index is -0.143. The van der Waals surface area contributed by atoms with Gasteiger partial charge in [-0.05, 0) is 80.0 Å². The smallest absolute Gasteiger partial charge is 0.260 e. The normalized spacial score (nSPS) is 25.9. The summed E-state index contributed by atoms with van der Waals surface area (Å²) in [5.74, 6) is 2.69. The molecule has 2 aromatic carbocycles. The number of carbonyl (C=O) groups excluding carboxylic acids is 1. The summed E-state index contributed by atoms with van der Waals surface area (Å²) >= 11 is 6.32. The van der Waals surface area contributed by atoms with Crippen LogP contribution in [0, 0.1) is 17.8 Å². The molecule has 4 aliphatic rings. The summed E-state index contributed by atoms with van der Waals surface area (Å²) in [6, 6.07) is 19.7. The first-order valence-corrected chi connectivity index (χ1v) is 13.7. The van der Waals surface area contributed by atoms with E-state index >= 15 is 0 Å². The molecule has 2 heterocycles. The molecule has 4 aliphatic carbocycles. The Morgan fingerprint density at radius 2 is 1.59 bits per heavy atom. The number of rotatable bonds is 6. The molecule has 4 fully saturated rings. The first-order valence-electron chi connectivity index (χ1n) is 13.3. The Bertz CT molecular complexity index is 1420. The lowest BCUT2D eigenvalue weighted by Gasteiger charge is -2.56. The van der Waals surface area contributed by atoms with E-state index in [2.05, 4.69) is 10.4 Å². The minimum absolute atomic E-state index is 0.00483. The molecule has 0 atom stereocenters. The zero-order valence-electron chi connectivity index (χ0n) is 20.7. The number of para-hydroxylation sites is 1. The highest BCUT2D eigenvalue weighted by Gasteiger charge is 2.54. The molecule has 0 spiro atoms. The molecule has 0 saturated heterocycles. The summed E-state index contributed by atoms with van der Waals surface area (Å²) in [4.78, 5) is 13.8. The van der Waals surface area contributed by atoms with Crippen molar-refractivity contribution in [3.05, 3.63) is 94.9 Å². The van der Waals surface area contributed by atoms with Gasteiger partial charge < -0.3 is 5.32 Å². The van der Waals surface area contributed by atoms with Crippen LogP contribution in [-0.4, -0.2) is 25.5 Å². The van der Waals surface area contributed by atoms with E-state index in [9.17, 15) is 4.79 Å². The first-order chi connectivity index (χ1) is 18.0. The second kappa shape index (κ2) is 8.88. The quantitative estimate of drug-likeness (QED) is 0.322. The lowest BCUT2D eigenvalue weighted by Crippen LogP contribution is -2.49. The molecule has 4 saturated carbocycles. The molecular formula is C30H30ClN5O. The monoisotopic (exact) mass is 511 g/mol. The van der Waals surface area contributed by atoms with Gasteiger partial charge >= 0.3 is 0 Å². The van der Waals surface area contributed by atoms with Crippen molar-refractivity contribution in [1.82, 2.24) is 19.6 Å². The number of aromatic nitrogens is 4. The molecule has 37 heavy (non-hydrogen) atoms. The van der Waals surface area contributed by atoms with E-state index in [0.29, 0.717) is 22.9 Å². The second-order valence-corrected chi connectivity index (χ2v) is 11.7. The Hall–Kier alpha value is -3.38. The summed E-state index contributed by atoms with van der Waals surface area (Å²) in [5.41, 5.74) is 3.61. The van der Waals surface area contributed by atoms with Crippen LogP contribution in [0.2, 0.25) is 5.02 Å². The van der Waals surface area contributed by atoms with E-state index in [-0.39, 0.29) is 11.3 Å². The Morgan fingerprint density at radius 1 is 0.919 bits per heavy atom. The lowest BCUT2D eigenvalue weighted by atomic mass is 9.48. The Labute approximate surface area is 221 Å². The van der Waals surface area contributed by atoms with Crippen LogP contribution in [0.15, 0.2) is 73.1 Å². The van der Waals surface area contributed by atoms with Gasteiger partial charge in [-0.25, -0.2) is 4.68 Å². The van der Waals surface area contributed by atoms with Crippen LogP contribution in [0.1, 0.15) is 60.1 Å². The number of hydrogen-bond acceptors (Lipinski definition) is 3. The van der Waals surface area contributed by atoms with Gasteiger partial charge in [0, 0.05) is 28.9 Å². The average molecular weight is 512 g/mol. The molecule has 0 radical (unpaired) electrons. The van der Waals surface area contributed by atoms with Crippen molar-refractivity contribution in [2.24, 2.45) is 17.8 Å². The molecule has 188 valence electrons. The molecule has 1 N–H and O–H groups in total. The number of benzene rings is 2. The van der Waals surface area contributed by atoms with E-state index in [1.807, 2.05) is 77.7 Å². The summed E-state index contributed by atoms with van der Waals surface area (Å²) in [7, 11) is 0. The van der Waals surface area contributed by atoms with E-state index in [0.717, 1.165) is 54.0 Å². The van der Waals surface area contributed by atoms with Crippen LogP contribution in [0.3, 0.4) is 0 Å². The molecule has 0 unspecified atom stereocenters. The maximum atomic E-state index is 13.8. The van der Waals surface area contributed by atoms with Gasteiger partial charge in [-0.15, -0.1) is 0 Å². The van der Waals surface area contributed by atoms with Gasteiger partial charge in [0.2, 0.25) is 0 Å². The topological polar surface area (TPSA) is 64.7 Å². The number of anilines is 1. The van der Waals surface area contributed by atoms with Crippen LogP contribution in [-0.2, 0) is 12.0 Å². The van der Waals surface area contributed by atoms with E-state index in [4.69, 9.17) is 16.7 Å². The fourth-order valence-electron chi connectivity index (χ4n) is 7.55. The van der Waals surface area contributed by atoms with Gasteiger partial charge in [0.05, 0.1) is 23.5 Å². The van der Waals surface area contributed by atoms with E-state index in [1.165, 1.54) is 19.3 Å². The van der Waals surface area contributed by atoms with Crippen LogP contribution in [0.4, 0.5) is 5.82 Å². The van der Waals surface area contributed by atoms with Crippen molar-refractivity contribution in [1.29, 1.82) is 0 Å². The predicted molar refractivity (Wildman–Crippen MR) is 144 cm³/mol. The molecule has 4 bridgehead atoms. The number of nitrogens with one attached hydrogen (secondary N) is 1. The number of nitrogens with zero attached hydrogens (tertiary/aromatic N) is 4. The van der Waals surface area contributed by atoms with Crippen molar-refractivity contribution in [3.63, 3.8) is 0 Å². The highest BCUT2D eigenvalue weighted by molar-refractivity contribution is 6.31. The third-order valence-electron chi connectivity index (χ3n) is 8.69. The Kier molecular flexibility index (Phi) is 5.47. The number of carbonyl (C=O) groups is 1. The van der Waals surface area contributed by atoms with Crippen LogP contribution >= 0.6 is 11.6 Å². The molecule has 8 rings (SSSR count). The maximum absolute atomic E-state index is 13.8. The standard InChI is InChI=1S/C30H30ClN5O/c31-26-9-5-4-6-23(26)18-35-11-10-27(33-35)32-29(37)25-19-36(24-7-2-1-3-8-24)34-28(25)30-15-20-12-21(16-30)14-22(13-20)17-30/h1-11,19-22H,12-18H2,(H,32,33,37). The lowest BCUT2D eigenvalue weighted by molar-refractivity contribution is -0.00765. The summed E-state index contributed by atoms with van der Waals surface area (Å²) in [6.07, 6.45) is 11.3. The average Bonchev–Trinajstić information content (AvgIpc) is 3.53. The van der Waals surface area contributed by atoms with Crippen molar-refractivity contribution in [2.75, 3.05) is 5.32 Å². The van der Waals surface area contributed by atoms with Crippen molar-refractivity contribution in [3.8, 4) is 5.69 Å². The Morgan fingerprint density at radius 3 is 2.30 bits per heavy atom. The maximum Gasteiger partial charge on any atom is 0.260 e. The van der Waals surface area contributed by atoms with Gasteiger partial charge in [0.1, 0.15) is 0 Å². The zero-order valence-corrected chi connectivity index (χ0v) is 21.4. The van der Waals surface area contributed by atoms with Gasteiger partial charge in [-0.3, -0.25) is 9.48 Å². The number of amides is 1. The molecule has 2 aromatic heterocycles. The Balaban J connectivity index is 1.20. The van der Waals surface area contributed by atoms with Crippen LogP contribution < -0.4 is 5.32 Å². The fraction of sp³-hybridized carbons (Fsp3) is 0.367. The van der Waals surface area contributed by atoms with Gasteiger partial charge in [-0.2, -0.15) is 10.2 Å². The van der Waals surface area contributed by atoms with Gasteiger partial charge in [0.25, 0.3) is 5.91 Å². The van der Waals surface area contributed by atoms with Gasteiger partial charge in [0.15, 0.2) is 5.82 Å². The first kappa shape index (κ1) is 22.8. The van der Waals surface area contributed by atoms with Gasteiger partial charge in [-0.1, -0.05) is 48.0 Å². The predicted octanol–water partition coefficient (Wildman–Crippen LogP) is 6.49. The third-order valence-corrected chi connectivity index (χ3v) is 9.06. The number of halogens is 1. The molecule has 4 aromatic rings. The molecule has 1 amide bonds. The summed E-state index contributed by atoms with van der Waals surface area (Å²) < 4.78 is 3.68. The second-order valence-electron chi connectivity index (χ2n) is 11.3. The fourth-order valence-corrected chi connectivity index (χ4v) is 7.74. The third kappa shape index (κ3) is 4.17. The molecule has 6 nitrogen and oxygen atoms in total. The minimum Gasteiger partial charge on any atom is -0.305 e. The molecule has 0 aliphatic heterocycles. The molecular weight excluding hydrogens is 482 g/mol. The van der Waals surface area contributed by atoms with Crippen molar-refractivity contribution < 1.29 is 4.79 Å². The SMILES string of the molecule is O=C(Nc1ccn(Cc2ccccc2Cl)n1)c1cn(-c2ccccc2)nc1C12CC3CC(CC(C3)C1)C2. The highest BCUT2D eigenvalue weighted by Crippen LogP contribution is 2.60. The van der Waals surface area contributed by atoms with Crippen molar-refractivity contribution >= 4 is 23.3 Å². The van der Waals surface area contributed by atoms with E-state index in [1.54, 1.807) is 4.68 Å². The highest BCUT2D eigenvalue weighted by atomic mass is 35.5. The summed E-state index contributed by atoms with van der Waals surface area (Å²) in [6.45, 7) is 0.542. The zero-order chi connectivity index (χ0) is 25.0. The van der Waals surface area contributed by atoms with Crippen molar-refractivity contribution in [2.45, 2.75) is 50.5 Å². The summed E-state index contributed by atoms with van der Waals surface area (Å²) in [5, 5.41) is 13.5. The van der Waals surface area contributed by atoms with E-state index < -0.39 is 0 Å². The van der Waals surface area contributed by atoms with Crippen LogP contribution in [0.5, 0.6) is 0 Å². The number of hydrogen-bond donors (Lipinski definition) is 1.